The number of fused-ring (bicyclic) bond motifs is 1. The van der Waals surface area contributed by atoms with Crippen LogP contribution in [0.15, 0.2) is 24.4 Å². The van der Waals surface area contributed by atoms with Crippen molar-refractivity contribution >= 4 is 22.5 Å². The second-order valence-electron chi connectivity index (χ2n) is 5.56. The van der Waals surface area contributed by atoms with Crippen LogP contribution in [0.5, 0.6) is 0 Å². The van der Waals surface area contributed by atoms with E-state index < -0.39 is 0 Å². The van der Waals surface area contributed by atoms with E-state index >= 15 is 0 Å². The number of nitrogens with one attached hydrogen (secondary N) is 2. The van der Waals surface area contributed by atoms with Gasteiger partial charge in [0.2, 0.25) is 0 Å². The van der Waals surface area contributed by atoms with Crippen LogP contribution < -0.4 is 11.1 Å². The van der Waals surface area contributed by atoms with Crippen molar-refractivity contribution in [3.05, 3.63) is 30.0 Å². The number of aromatic nitrogens is 1. The summed E-state index contributed by atoms with van der Waals surface area (Å²) in [4.78, 5) is 17.8. The van der Waals surface area contributed by atoms with Crippen LogP contribution in [0.25, 0.3) is 10.9 Å². The summed E-state index contributed by atoms with van der Waals surface area (Å²) in [6.45, 7) is 2.07. The number of rotatable bonds is 2. The molecule has 2 aromatic rings. The van der Waals surface area contributed by atoms with E-state index in [0.29, 0.717) is 11.3 Å². The molecule has 1 fully saturated rings. The van der Waals surface area contributed by atoms with Crippen LogP contribution in [0.1, 0.15) is 23.2 Å². The number of hydrogen-bond donors (Lipinski definition) is 3. The van der Waals surface area contributed by atoms with Crippen LogP contribution in [0.3, 0.4) is 0 Å². The van der Waals surface area contributed by atoms with Gasteiger partial charge in [-0.1, -0.05) is 0 Å². The van der Waals surface area contributed by atoms with Crippen LogP contribution in [0, 0.1) is 0 Å². The van der Waals surface area contributed by atoms with E-state index in [1.54, 1.807) is 6.20 Å². The number of benzene rings is 1. The molecule has 2 heterocycles. The highest BCUT2D eigenvalue weighted by Crippen LogP contribution is 2.21. The van der Waals surface area contributed by atoms with Gasteiger partial charge in [0, 0.05) is 28.8 Å². The van der Waals surface area contributed by atoms with E-state index in [0.717, 1.165) is 36.8 Å². The smallest absolute Gasteiger partial charge is 0.253 e. The average Bonchev–Trinajstić information content (AvgIpc) is 2.84. The molecule has 0 atom stereocenters. The monoisotopic (exact) mass is 272 g/mol. The van der Waals surface area contributed by atoms with Crippen molar-refractivity contribution < 1.29 is 4.79 Å². The molecule has 0 radical (unpaired) electrons. The summed E-state index contributed by atoms with van der Waals surface area (Å²) < 4.78 is 0. The molecule has 1 aliphatic rings. The van der Waals surface area contributed by atoms with Crippen molar-refractivity contribution in [3.63, 3.8) is 0 Å². The molecule has 20 heavy (non-hydrogen) atoms. The third-order valence-electron chi connectivity index (χ3n) is 4.00. The van der Waals surface area contributed by atoms with Crippen LogP contribution in [0.4, 0.5) is 5.69 Å². The number of nitrogens with two attached hydrogens (primary N) is 1. The standard InChI is InChI=1S/C15H20N4O/c1-19-6-4-11(5-7-19)18-15(20)13-9-17-14-3-2-10(16)8-12(13)14/h2-3,8-9,11,17H,4-7,16H2,1H3,(H,18,20). The van der Waals surface area contributed by atoms with Crippen molar-refractivity contribution in [2.45, 2.75) is 18.9 Å². The van der Waals surface area contributed by atoms with Gasteiger partial charge in [0.25, 0.3) is 5.91 Å². The third kappa shape index (κ3) is 2.49. The molecule has 0 saturated carbocycles. The number of H-pyrrole nitrogens is 1. The predicted molar refractivity (Wildman–Crippen MR) is 80.7 cm³/mol. The molecule has 5 heteroatoms. The first-order chi connectivity index (χ1) is 9.63. The first-order valence-corrected chi connectivity index (χ1v) is 6.99. The van der Waals surface area contributed by atoms with Crippen molar-refractivity contribution in [1.82, 2.24) is 15.2 Å². The lowest BCUT2D eigenvalue weighted by atomic mass is 10.0. The van der Waals surface area contributed by atoms with Crippen LogP contribution in [-0.4, -0.2) is 42.0 Å². The van der Waals surface area contributed by atoms with Crippen LogP contribution >= 0.6 is 0 Å². The summed E-state index contributed by atoms with van der Waals surface area (Å²) >= 11 is 0. The second kappa shape index (κ2) is 5.17. The fourth-order valence-electron chi connectivity index (χ4n) is 2.74. The van der Waals surface area contributed by atoms with E-state index in [1.165, 1.54) is 0 Å². The van der Waals surface area contributed by atoms with Gasteiger partial charge in [-0.3, -0.25) is 4.79 Å². The zero-order valence-electron chi connectivity index (χ0n) is 11.6. The largest absolute Gasteiger partial charge is 0.399 e. The molecule has 4 N–H and O–H groups in total. The van der Waals surface area contributed by atoms with E-state index in [1.807, 2.05) is 18.2 Å². The summed E-state index contributed by atoms with van der Waals surface area (Å²) in [5, 5.41) is 4.01. The number of carbonyl (C=O) groups is 1. The first kappa shape index (κ1) is 13.0. The highest BCUT2D eigenvalue weighted by Gasteiger charge is 2.20. The Kier molecular flexibility index (Phi) is 3.36. The molecule has 1 amide bonds. The topological polar surface area (TPSA) is 74.2 Å². The molecule has 106 valence electrons. The lowest BCUT2D eigenvalue weighted by Crippen LogP contribution is -2.43. The highest BCUT2D eigenvalue weighted by molar-refractivity contribution is 6.07. The second-order valence-corrected chi connectivity index (χ2v) is 5.56. The van der Waals surface area contributed by atoms with Gasteiger partial charge in [-0.15, -0.1) is 0 Å². The normalized spacial score (nSPS) is 17.4. The van der Waals surface area contributed by atoms with Crippen LogP contribution in [0.2, 0.25) is 0 Å². The minimum Gasteiger partial charge on any atom is -0.399 e. The molecule has 0 unspecified atom stereocenters. The zero-order chi connectivity index (χ0) is 14.1. The van der Waals surface area contributed by atoms with E-state index in [9.17, 15) is 4.79 Å². The SMILES string of the molecule is CN1CCC(NC(=O)c2c[nH]c3ccc(N)cc23)CC1. The van der Waals surface area contributed by atoms with E-state index in [2.05, 4.69) is 22.2 Å². The van der Waals surface area contributed by atoms with Crippen LogP contribution in [-0.2, 0) is 0 Å². The molecule has 1 aliphatic heterocycles. The molecule has 0 aliphatic carbocycles. The molecule has 3 rings (SSSR count). The Labute approximate surface area is 118 Å². The number of aromatic amines is 1. The number of hydrogen-bond acceptors (Lipinski definition) is 3. The average molecular weight is 272 g/mol. The highest BCUT2D eigenvalue weighted by atomic mass is 16.1. The van der Waals surface area contributed by atoms with Crippen molar-refractivity contribution in [2.75, 3.05) is 25.9 Å². The summed E-state index contributed by atoms with van der Waals surface area (Å²) in [6, 6.07) is 5.84. The number of amides is 1. The van der Waals surface area contributed by atoms with E-state index in [-0.39, 0.29) is 11.9 Å². The molecule has 1 aromatic heterocycles. The van der Waals surface area contributed by atoms with Gasteiger partial charge in [0.1, 0.15) is 0 Å². The Morgan fingerprint density at radius 1 is 1.40 bits per heavy atom. The van der Waals surface area contributed by atoms with Gasteiger partial charge >= 0.3 is 0 Å². The van der Waals surface area contributed by atoms with Gasteiger partial charge in [-0.05, 0) is 51.2 Å². The van der Waals surface area contributed by atoms with Gasteiger partial charge in [0.05, 0.1) is 5.56 Å². The van der Waals surface area contributed by atoms with Crippen molar-refractivity contribution in [2.24, 2.45) is 0 Å². The Morgan fingerprint density at radius 3 is 2.90 bits per heavy atom. The van der Waals surface area contributed by atoms with E-state index in [4.69, 9.17) is 5.73 Å². The summed E-state index contributed by atoms with van der Waals surface area (Å²) in [7, 11) is 2.11. The minimum atomic E-state index is -0.0172. The van der Waals surface area contributed by atoms with Gasteiger partial charge < -0.3 is 20.9 Å². The molecule has 0 spiro atoms. The van der Waals surface area contributed by atoms with Crippen molar-refractivity contribution in [3.8, 4) is 0 Å². The summed E-state index contributed by atoms with van der Waals surface area (Å²) in [6.07, 6.45) is 3.77. The Balaban J connectivity index is 1.77. The van der Waals surface area contributed by atoms with Gasteiger partial charge in [-0.25, -0.2) is 0 Å². The number of piperidine rings is 1. The number of carbonyl (C=O) groups excluding carboxylic acids is 1. The minimum absolute atomic E-state index is 0.0172. The fourth-order valence-corrected chi connectivity index (χ4v) is 2.74. The number of nitrogens with zero attached hydrogens (tertiary/aromatic N) is 1. The van der Waals surface area contributed by atoms with Crippen molar-refractivity contribution in [1.29, 1.82) is 0 Å². The molecular formula is C15H20N4O. The molecule has 1 saturated heterocycles. The summed E-state index contributed by atoms with van der Waals surface area (Å²) in [5.41, 5.74) is 8.08. The lowest BCUT2D eigenvalue weighted by Gasteiger charge is -2.29. The first-order valence-electron chi connectivity index (χ1n) is 6.99. The van der Waals surface area contributed by atoms with Gasteiger partial charge in [0.15, 0.2) is 0 Å². The fraction of sp³-hybridized carbons (Fsp3) is 0.400. The number of nitrogen functional groups attached to an aromatic ring is 1. The predicted octanol–water partition coefficient (Wildman–Crippen LogP) is 1.57. The summed E-state index contributed by atoms with van der Waals surface area (Å²) in [5.74, 6) is -0.0172. The third-order valence-corrected chi connectivity index (χ3v) is 4.00. The maximum atomic E-state index is 12.4. The Morgan fingerprint density at radius 2 is 2.15 bits per heavy atom. The maximum Gasteiger partial charge on any atom is 0.253 e. The number of likely N-dealkylation sites (tertiary alicyclic amines) is 1. The Bertz CT molecular complexity index is 626. The lowest BCUT2D eigenvalue weighted by molar-refractivity contribution is 0.0918. The van der Waals surface area contributed by atoms with Gasteiger partial charge in [-0.2, -0.15) is 0 Å². The molecule has 0 bridgehead atoms. The molecular weight excluding hydrogens is 252 g/mol. The Hall–Kier alpha value is -2.01. The maximum absolute atomic E-state index is 12.4. The quantitative estimate of drug-likeness (QED) is 0.727. The number of anilines is 1. The molecule has 1 aromatic carbocycles. The molecule has 5 nitrogen and oxygen atoms in total. The zero-order valence-corrected chi connectivity index (χ0v) is 11.6.